The Hall–Kier alpha value is -1.85. The number of thioether (sulfide) groups is 1. The molecule has 1 aliphatic rings. The van der Waals surface area contributed by atoms with Crippen molar-refractivity contribution in [3.8, 4) is 0 Å². The van der Waals surface area contributed by atoms with Crippen molar-refractivity contribution >= 4 is 33.3 Å². The van der Waals surface area contributed by atoms with Crippen LogP contribution in [0.15, 0.2) is 52.4 Å². The van der Waals surface area contributed by atoms with E-state index in [1.807, 2.05) is 29.7 Å². The van der Waals surface area contributed by atoms with Gasteiger partial charge in [-0.1, -0.05) is 54.2 Å². The van der Waals surface area contributed by atoms with E-state index >= 15 is 0 Å². The predicted molar refractivity (Wildman–Crippen MR) is 107 cm³/mol. The second-order valence-electron chi connectivity index (χ2n) is 6.55. The summed E-state index contributed by atoms with van der Waals surface area (Å²) in [4.78, 5) is 20.4. The number of thiophene rings is 1. The molecular formula is C20H20N2OS2. The second kappa shape index (κ2) is 6.81. The molecule has 0 radical (unpaired) electrons. The van der Waals surface area contributed by atoms with E-state index in [9.17, 15) is 4.79 Å². The number of benzene rings is 1. The van der Waals surface area contributed by atoms with Gasteiger partial charge in [0.2, 0.25) is 0 Å². The largest absolute Gasteiger partial charge is 0.283 e. The van der Waals surface area contributed by atoms with E-state index in [-0.39, 0.29) is 5.56 Å². The number of aromatic nitrogens is 2. The van der Waals surface area contributed by atoms with Crippen molar-refractivity contribution in [2.75, 3.05) is 5.75 Å². The molecule has 1 aliphatic carbocycles. The Bertz CT molecular complexity index is 1000. The molecule has 4 rings (SSSR count). The van der Waals surface area contributed by atoms with E-state index in [4.69, 9.17) is 4.98 Å². The minimum absolute atomic E-state index is 0.109. The van der Waals surface area contributed by atoms with Crippen molar-refractivity contribution in [3.05, 3.63) is 68.8 Å². The Balaban J connectivity index is 1.86. The van der Waals surface area contributed by atoms with Gasteiger partial charge >= 0.3 is 0 Å². The van der Waals surface area contributed by atoms with E-state index in [1.54, 1.807) is 23.1 Å². The fourth-order valence-corrected chi connectivity index (χ4v) is 5.41. The van der Waals surface area contributed by atoms with Gasteiger partial charge in [0.15, 0.2) is 5.16 Å². The van der Waals surface area contributed by atoms with Gasteiger partial charge in [0, 0.05) is 10.6 Å². The minimum atomic E-state index is 0.109. The SMILES string of the molecule is C=C(C)CSc1nc2sc3c(c2c(=O)n1Cc1ccccc1)CCC3. The molecule has 0 atom stereocenters. The minimum Gasteiger partial charge on any atom is -0.283 e. The van der Waals surface area contributed by atoms with Crippen molar-refractivity contribution in [1.29, 1.82) is 0 Å². The van der Waals surface area contributed by atoms with Crippen LogP contribution in [0.2, 0.25) is 0 Å². The molecule has 2 aromatic heterocycles. The van der Waals surface area contributed by atoms with Crippen molar-refractivity contribution in [2.45, 2.75) is 37.9 Å². The van der Waals surface area contributed by atoms with Gasteiger partial charge in [0.1, 0.15) is 4.83 Å². The molecule has 5 heteroatoms. The van der Waals surface area contributed by atoms with Crippen LogP contribution in [0.25, 0.3) is 10.2 Å². The van der Waals surface area contributed by atoms with Crippen LogP contribution in [0.4, 0.5) is 0 Å². The van der Waals surface area contributed by atoms with Crippen molar-refractivity contribution < 1.29 is 0 Å². The average molecular weight is 369 g/mol. The van der Waals surface area contributed by atoms with Crippen LogP contribution in [0.1, 0.15) is 29.3 Å². The van der Waals surface area contributed by atoms with Gasteiger partial charge in [0.25, 0.3) is 5.56 Å². The first-order chi connectivity index (χ1) is 12.1. The van der Waals surface area contributed by atoms with Crippen molar-refractivity contribution in [1.82, 2.24) is 9.55 Å². The molecule has 0 bridgehead atoms. The highest BCUT2D eigenvalue weighted by Gasteiger charge is 2.23. The standard InChI is InChI=1S/C20H20N2OS2/c1-13(2)12-24-20-21-18-17(15-9-6-10-16(15)25-18)19(23)22(20)11-14-7-4-3-5-8-14/h3-5,7-8H,1,6,9-12H2,2H3. The van der Waals surface area contributed by atoms with Gasteiger partial charge in [-0.2, -0.15) is 0 Å². The number of hydrogen-bond acceptors (Lipinski definition) is 4. The molecule has 0 aliphatic heterocycles. The Kier molecular flexibility index (Phi) is 4.52. The fourth-order valence-electron chi connectivity index (χ4n) is 3.26. The highest BCUT2D eigenvalue weighted by atomic mass is 32.2. The summed E-state index contributed by atoms with van der Waals surface area (Å²) in [5.74, 6) is 0.776. The first-order valence-corrected chi connectivity index (χ1v) is 10.3. The molecule has 3 nitrogen and oxygen atoms in total. The van der Waals surface area contributed by atoms with Crippen molar-refractivity contribution in [3.63, 3.8) is 0 Å². The zero-order chi connectivity index (χ0) is 17.4. The van der Waals surface area contributed by atoms with E-state index in [0.29, 0.717) is 6.54 Å². The van der Waals surface area contributed by atoms with Gasteiger partial charge in [-0.05, 0) is 37.3 Å². The topological polar surface area (TPSA) is 34.9 Å². The number of aryl methyl sites for hydroxylation is 2. The Morgan fingerprint density at radius 1 is 1.32 bits per heavy atom. The van der Waals surface area contributed by atoms with Gasteiger partial charge in [0.05, 0.1) is 11.9 Å². The normalized spacial score (nSPS) is 13.3. The monoisotopic (exact) mass is 368 g/mol. The first-order valence-electron chi connectivity index (χ1n) is 8.49. The van der Waals surface area contributed by atoms with Gasteiger partial charge in [-0.15, -0.1) is 11.3 Å². The highest BCUT2D eigenvalue weighted by Crippen LogP contribution is 2.35. The summed E-state index contributed by atoms with van der Waals surface area (Å²) in [6.45, 7) is 6.54. The molecule has 0 saturated heterocycles. The van der Waals surface area contributed by atoms with Crippen LogP contribution >= 0.6 is 23.1 Å². The molecule has 0 saturated carbocycles. The van der Waals surface area contributed by atoms with Crippen LogP contribution < -0.4 is 5.56 Å². The van der Waals surface area contributed by atoms with Crippen LogP contribution in [0.3, 0.4) is 0 Å². The van der Waals surface area contributed by atoms with Gasteiger partial charge in [-0.3, -0.25) is 9.36 Å². The molecule has 128 valence electrons. The third-order valence-corrected chi connectivity index (χ3v) is 6.81. The lowest BCUT2D eigenvalue weighted by Gasteiger charge is -2.12. The van der Waals surface area contributed by atoms with Crippen LogP contribution in [-0.4, -0.2) is 15.3 Å². The number of fused-ring (bicyclic) bond motifs is 3. The summed E-state index contributed by atoms with van der Waals surface area (Å²) < 4.78 is 1.84. The van der Waals surface area contributed by atoms with E-state index in [0.717, 1.165) is 51.5 Å². The number of nitrogens with zero attached hydrogens (tertiary/aromatic N) is 2. The summed E-state index contributed by atoms with van der Waals surface area (Å²) in [5.41, 5.74) is 3.56. The highest BCUT2D eigenvalue weighted by molar-refractivity contribution is 7.99. The Labute approximate surface area is 155 Å². The lowest BCUT2D eigenvalue weighted by molar-refractivity contribution is 0.659. The number of rotatable bonds is 5. The molecule has 0 unspecified atom stereocenters. The first kappa shape index (κ1) is 16.6. The maximum absolute atomic E-state index is 13.3. The molecule has 1 aromatic carbocycles. The van der Waals surface area contributed by atoms with Gasteiger partial charge in [-0.25, -0.2) is 4.98 Å². The van der Waals surface area contributed by atoms with Crippen LogP contribution in [-0.2, 0) is 19.4 Å². The molecule has 0 spiro atoms. The lowest BCUT2D eigenvalue weighted by atomic mass is 10.2. The maximum Gasteiger partial charge on any atom is 0.263 e. The predicted octanol–water partition coefficient (Wildman–Crippen LogP) is 4.66. The number of hydrogen-bond donors (Lipinski definition) is 0. The molecule has 2 heterocycles. The summed E-state index contributed by atoms with van der Waals surface area (Å²) >= 11 is 3.31. The maximum atomic E-state index is 13.3. The molecule has 0 amide bonds. The van der Waals surface area contributed by atoms with Crippen LogP contribution in [0.5, 0.6) is 0 Å². The Morgan fingerprint density at radius 2 is 2.12 bits per heavy atom. The second-order valence-corrected chi connectivity index (χ2v) is 8.58. The van der Waals surface area contributed by atoms with Crippen molar-refractivity contribution in [2.24, 2.45) is 0 Å². The van der Waals surface area contributed by atoms with Gasteiger partial charge < -0.3 is 0 Å². The quantitative estimate of drug-likeness (QED) is 0.373. The fraction of sp³-hybridized carbons (Fsp3) is 0.300. The molecule has 0 N–H and O–H groups in total. The smallest absolute Gasteiger partial charge is 0.263 e. The molecule has 0 fully saturated rings. The van der Waals surface area contributed by atoms with E-state index < -0.39 is 0 Å². The lowest BCUT2D eigenvalue weighted by Crippen LogP contribution is -2.24. The molecular weight excluding hydrogens is 348 g/mol. The summed E-state index contributed by atoms with van der Waals surface area (Å²) in [6.07, 6.45) is 3.25. The zero-order valence-corrected chi connectivity index (χ0v) is 15.9. The van der Waals surface area contributed by atoms with E-state index in [2.05, 4.69) is 18.7 Å². The third-order valence-electron chi connectivity index (χ3n) is 4.42. The van der Waals surface area contributed by atoms with E-state index in [1.165, 1.54) is 10.4 Å². The Morgan fingerprint density at radius 3 is 2.88 bits per heavy atom. The average Bonchev–Trinajstić information content (AvgIpc) is 3.17. The van der Waals surface area contributed by atoms with Crippen LogP contribution in [0, 0.1) is 0 Å². The zero-order valence-electron chi connectivity index (χ0n) is 14.2. The molecule has 25 heavy (non-hydrogen) atoms. The summed E-state index contributed by atoms with van der Waals surface area (Å²) in [7, 11) is 0. The summed E-state index contributed by atoms with van der Waals surface area (Å²) in [5, 5.41) is 1.65. The summed E-state index contributed by atoms with van der Waals surface area (Å²) in [6, 6.07) is 10.1. The molecule has 3 aromatic rings. The third kappa shape index (κ3) is 3.18.